The van der Waals surface area contributed by atoms with Gasteiger partial charge in [0.15, 0.2) is 0 Å². The van der Waals surface area contributed by atoms with Crippen LogP contribution in [0.15, 0.2) is 60.0 Å². The number of hydrogen-bond acceptors (Lipinski definition) is 4. The molecular formula is C22H15F4NO4S. The van der Waals surface area contributed by atoms with Gasteiger partial charge in [0.25, 0.3) is 5.91 Å². The summed E-state index contributed by atoms with van der Waals surface area (Å²) in [5.74, 6) is -4.86. The molecule has 1 aromatic heterocycles. The first-order valence-electron chi connectivity index (χ1n) is 8.94. The number of carboxylic acids is 1. The Morgan fingerprint density at radius 3 is 2.34 bits per heavy atom. The predicted octanol–water partition coefficient (Wildman–Crippen LogP) is 6.19. The Balaban J connectivity index is 1.89. The van der Waals surface area contributed by atoms with Gasteiger partial charge in [-0.15, -0.1) is 11.3 Å². The van der Waals surface area contributed by atoms with Gasteiger partial charge in [-0.2, -0.15) is 8.78 Å². The molecule has 1 heterocycles. The molecule has 0 spiro atoms. The SMILES string of the molecule is C=C(C)C(F)(F)Oc1cccc(-c2cc(F)c(NC(=O)c3ccsc3C(=O)O)c(F)c2)c1. The van der Waals surface area contributed by atoms with Crippen LogP contribution in [0.1, 0.15) is 27.0 Å². The maximum Gasteiger partial charge on any atom is 0.422 e. The summed E-state index contributed by atoms with van der Waals surface area (Å²) in [6, 6.07) is 8.26. The summed E-state index contributed by atoms with van der Waals surface area (Å²) >= 11 is 0.793. The summed E-state index contributed by atoms with van der Waals surface area (Å²) in [6.45, 7) is 4.25. The molecule has 10 heteroatoms. The van der Waals surface area contributed by atoms with Crippen molar-refractivity contribution in [2.24, 2.45) is 0 Å². The van der Waals surface area contributed by atoms with Crippen molar-refractivity contribution in [1.82, 2.24) is 0 Å². The number of amides is 1. The summed E-state index contributed by atoms with van der Waals surface area (Å²) < 4.78 is 61.3. The molecule has 5 nitrogen and oxygen atoms in total. The zero-order valence-electron chi connectivity index (χ0n) is 16.4. The van der Waals surface area contributed by atoms with Crippen LogP contribution < -0.4 is 10.1 Å². The lowest BCUT2D eigenvalue weighted by Gasteiger charge is -2.18. The number of carboxylic acid groups (broad SMARTS) is 1. The van der Waals surface area contributed by atoms with E-state index in [0.29, 0.717) is 0 Å². The lowest BCUT2D eigenvalue weighted by molar-refractivity contribution is -0.141. The molecule has 0 saturated carbocycles. The number of alkyl halides is 2. The number of ether oxygens (including phenoxy) is 1. The minimum absolute atomic E-state index is 0.00356. The van der Waals surface area contributed by atoms with Gasteiger partial charge in [-0.1, -0.05) is 18.7 Å². The van der Waals surface area contributed by atoms with Crippen LogP contribution in [0.25, 0.3) is 11.1 Å². The van der Waals surface area contributed by atoms with Crippen LogP contribution >= 0.6 is 11.3 Å². The Bertz CT molecular complexity index is 1200. The van der Waals surface area contributed by atoms with Crippen molar-refractivity contribution in [3.63, 3.8) is 0 Å². The average Bonchev–Trinajstić information content (AvgIpc) is 3.20. The van der Waals surface area contributed by atoms with Crippen molar-refractivity contribution in [3.8, 4) is 16.9 Å². The van der Waals surface area contributed by atoms with Gasteiger partial charge in [-0.25, -0.2) is 13.6 Å². The molecule has 0 unspecified atom stereocenters. The molecule has 2 N–H and O–H groups in total. The summed E-state index contributed by atoms with van der Waals surface area (Å²) in [7, 11) is 0. The van der Waals surface area contributed by atoms with E-state index < -0.39 is 40.9 Å². The fraction of sp³-hybridized carbons (Fsp3) is 0.0909. The van der Waals surface area contributed by atoms with E-state index in [1.165, 1.54) is 35.7 Å². The van der Waals surface area contributed by atoms with Crippen molar-refractivity contribution in [2.75, 3.05) is 5.32 Å². The highest BCUT2D eigenvalue weighted by atomic mass is 32.1. The molecule has 0 aliphatic rings. The highest BCUT2D eigenvalue weighted by Gasteiger charge is 2.32. The van der Waals surface area contributed by atoms with Crippen molar-refractivity contribution in [3.05, 3.63) is 82.1 Å². The first-order valence-corrected chi connectivity index (χ1v) is 9.82. The standard InChI is InChI=1S/C22H15F4NO4S/c1-11(2)22(25,26)31-14-5-3-4-12(8-14)13-9-16(23)18(17(24)10-13)27-20(28)15-6-7-32-19(15)21(29)30/h3-10H,1H2,2H3,(H,27,28)(H,29,30). The summed E-state index contributed by atoms with van der Waals surface area (Å²) in [5, 5.41) is 12.5. The van der Waals surface area contributed by atoms with Crippen LogP contribution in [-0.4, -0.2) is 23.1 Å². The number of thiophene rings is 1. The largest absolute Gasteiger partial charge is 0.477 e. The predicted molar refractivity (Wildman–Crippen MR) is 111 cm³/mol. The van der Waals surface area contributed by atoms with Crippen molar-refractivity contribution in [1.29, 1.82) is 0 Å². The molecular weight excluding hydrogens is 450 g/mol. The van der Waals surface area contributed by atoms with Crippen LogP contribution in [0, 0.1) is 11.6 Å². The minimum atomic E-state index is -3.63. The van der Waals surface area contributed by atoms with Crippen LogP contribution in [0.5, 0.6) is 5.75 Å². The monoisotopic (exact) mass is 465 g/mol. The first kappa shape index (κ1) is 23.0. The summed E-state index contributed by atoms with van der Waals surface area (Å²) in [6.07, 6.45) is -3.63. The molecule has 0 bridgehead atoms. The average molecular weight is 465 g/mol. The molecule has 166 valence electrons. The molecule has 2 aromatic carbocycles. The van der Waals surface area contributed by atoms with E-state index in [2.05, 4.69) is 11.3 Å². The molecule has 32 heavy (non-hydrogen) atoms. The fourth-order valence-electron chi connectivity index (χ4n) is 2.67. The Morgan fingerprint density at radius 1 is 1.09 bits per heavy atom. The maximum absolute atomic E-state index is 14.6. The van der Waals surface area contributed by atoms with E-state index in [9.17, 15) is 27.2 Å². The van der Waals surface area contributed by atoms with E-state index in [4.69, 9.17) is 5.11 Å². The Morgan fingerprint density at radius 2 is 1.75 bits per heavy atom. The number of carbonyl (C=O) groups excluding carboxylic acids is 1. The summed E-state index contributed by atoms with van der Waals surface area (Å²) in [5.41, 5.74) is -1.35. The molecule has 0 aliphatic carbocycles. The van der Waals surface area contributed by atoms with Gasteiger partial charge in [0.2, 0.25) is 0 Å². The van der Waals surface area contributed by atoms with E-state index in [1.807, 2.05) is 5.32 Å². The van der Waals surface area contributed by atoms with Gasteiger partial charge >= 0.3 is 12.1 Å². The third-order valence-electron chi connectivity index (χ3n) is 4.29. The number of aromatic carboxylic acids is 1. The van der Waals surface area contributed by atoms with Gasteiger partial charge in [0, 0.05) is 5.57 Å². The molecule has 0 aliphatic heterocycles. The second kappa shape index (κ2) is 8.83. The second-order valence-corrected chi connectivity index (χ2v) is 7.58. The highest BCUT2D eigenvalue weighted by Crippen LogP contribution is 2.33. The van der Waals surface area contributed by atoms with Crippen LogP contribution in [0.4, 0.5) is 23.2 Å². The Kier molecular flexibility index (Phi) is 6.35. The van der Waals surface area contributed by atoms with Crippen molar-refractivity contribution >= 4 is 28.9 Å². The number of hydrogen-bond donors (Lipinski definition) is 2. The summed E-state index contributed by atoms with van der Waals surface area (Å²) in [4.78, 5) is 23.2. The van der Waals surface area contributed by atoms with Gasteiger partial charge in [-0.05, 0) is 53.8 Å². The molecule has 0 atom stereocenters. The molecule has 1 amide bonds. The third-order valence-corrected chi connectivity index (χ3v) is 5.20. The normalized spacial score (nSPS) is 11.2. The maximum atomic E-state index is 14.6. The zero-order chi connectivity index (χ0) is 23.6. The topological polar surface area (TPSA) is 75.6 Å². The first-order chi connectivity index (χ1) is 15.0. The Hall–Kier alpha value is -3.66. The van der Waals surface area contributed by atoms with E-state index in [0.717, 1.165) is 30.4 Å². The molecule has 0 radical (unpaired) electrons. The number of rotatable bonds is 7. The molecule has 3 aromatic rings. The second-order valence-electron chi connectivity index (χ2n) is 6.66. The number of nitrogens with one attached hydrogen (secondary N) is 1. The Labute approximate surface area is 183 Å². The minimum Gasteiger partial charge on any atom is -0.477 e. The smallest absolute Gasteiger partial charge is 0.422 e. The van der Waals surface area contributed by atoms with E-state index in [-0.39, 0.29) is 27.3 Å². The zero-order valence-corrected chi connectivity index (χ0v) is 17.2. The van der Waals surface area contributed by atoms with Crippen molar-refractivity contribution < 1.29 is 37.0 Å². The number of benzene rings is 2. The molecule has 0 saturated heterocycles. The van der Waals surface area contributed by atoms with Gasteiger partial charge < -0.3 is 15.2 Å². The quantitative estimate of drug-likeness (QED) is 0.322. The van der Waals surface area contributed by atoms with Crippen LogP contribution in [-0.2, 0) is 0 Å². The van der Waals surface area contributed by atoms with Crippen molar-refractivity contribution in [2.45, 2.75) is 13.0 Å². The lowest BCUT2D eigenvalue weighted by Crippen LogP contribution is -2.25. The van der Waals surface area contributed by atoms with E-state index in [1.54, 1.807) is 0 Å². The molecule has 0 fully saturated rings. The molecule has 3 rings (SSSR count). The van der Waals surface area contributed by atoms with Crippen LogP contribution in [0.3, 0.4) is 0 Å². The number of anilines is 1. The van der Waals surface area contributed by atoms with E-state index >= 15 is 0 Å². The number of carbonyl (C=O) groups is 2. The van der Waals surface area contributed by atoms with Gasteiger partial charge in [-0.3, -0.25) is 4.79 Å². The lowest BCUT2D eigenvalue weighted by atomic mass is 10.0. The van der Waals surface area contributed by atoms with Gasteiger partial charge in [0.05, 0.1) is 5.56 Å². The fourth-order valence-corrected chi connectivity index (χ4v) is 3.40. The van der Waals surface area contributed by atoms with Gasteiger partial charge in [0.1, 0.15) is 27.9 Å². The highest BCUT2D eigenvalue weighted by molar-refractivity contribution is 7.12. The van der Waals surface area contributed by atoms with Crippen LogP contribution in [0.2, 0.25) is 0 Å². The third kappa shape index (κ3) is 4.80. The number of halogens is 4.